The Kier molecular flexibility index (Phi) is 4.92. The SMILES string of the molecule is CC(CN)SCc1ccc(-c2ccc(Br)cc2)o1. The highest BCUT2D eigenvalue weighted by Crippen LogP contribution is 2.26. The van der Waals surface area contributed by atoms with Crippen molar-refractivity contribution < 1.29 is 4.42 Å². The first-order chi connectivity index (χ1) is 8.69. The van der Waals surface area contributed by atoms with Crippen molar-refractivity contribution in [1.29, 1.82) is 0 Å². The van der Waals surface area contributed by atoms with Crippen LogP contribution in [0.25, 0.3) is 11.3 Å². The van der Waals surface area contributed by atoms with E-state index in [4.69, 9.17) is 10.2 Å². The van der Waals surface area contributed by atoms with Crippen LogP contribution in [0.15, 0.2) is 45.3 Å². The van der Waals surface area contributed by atoms with Gasteiger partial charge in [0.25, 0.3) is 0 Å². The number of hydrogen-bond donors (Lipinski definition) is 1. The fourth-order valence-electron chi connectivity index (χ4n) is 1.52. The molecule has 0 amide bonds. The monoisotopic (exact) mass is 325 g/mol. The summed E-state index contributed by atoms with van der Waals surface area (Å²) < 4.78 is 6.90. The van der Waals surface area contributed by atoms with Gasteiger partial charge in [0.2, 0.25) is 0 Å². The molecule has 0 fully saturated rings. The maximum atomic E-state index is 5.83. The minimum absolute atomic E-state index is 0.464. The Morgan fingerprint density at radius 2 is 1.94 bits per heavy atom. The molecule has 0 saturated carbocycles. The summed E-state index contributed by atoms with van der Waals surface area (Å²) >= 11 is 5.24. The second kappa shape index (κ2) is 6.45. The van der Waals surface area contributed by atoms with Crippen LogP contribution in [-0.4, -0.2) is 11.8 Å². The summed E-state index contributed by atoms with van der Waals surface area (Å²) in [6, 6.07) is 12.2. The zero-order valence-corrected chi connectivity index (χ0v) is 12.6. The summed E-state index contributed by atoms with van der Waals surface area (Å²) in [4.78, 5) is 0. The summed E-state index contributed by atoms with van der Waals surface area (Å²) in [5, 5.41) is 0.464. The van der Waals surface area contributed by atoms with Crippen LogP contribution in [0, 0.1) is 0 Å². The minimum Gasteiger partial charge on any atom is -0.460 e. The Bertz CT molecular complexity index is 495. The van der Waals surface area contributed by atoms with E-state index in [2.05, 4.69) is 22.9 Å². The van der Waals surface area contributed by atoms with Crippen molar-refractivity contribution in [2.24, 2.45) is 5.73 Å². The molecular formula is C14H16BrNOS. The summed E-state index contributed by atoms with van der Waals surface area (Å²) in [6.07, 6.45) is 0. The van der Waals surface area contributed by atoms with Gasteiger partial charge < -0.3 is 10.2 Å². The molecule has 1 aromatic heterocycles. The molecule has 1 heterocycles. The predicted molar refractivity (Wildman–Crippen MR) is 81.7 cm³/mol. The molecule has 2 N–H and O–H groups in total. The highest BCUT2D eigenvalue weighted by Gasteiger charge is 2.06. The number of rotatable bonds is 5. The standard InChI is InChI=1S/C14H16BrNOS/c1-10(8-16)18-9-13-6-7-14(17-13)11-2-4-12(15)5-3-11/h2-7,10H,8-9,16H2,1H3. The van der Waals surface area contributed by atoms with Crippen LogP contribution in [0.3, 0.4) is 0 Å². The Hall–Kier alpha value is -0.710. The quantitative estimate of drug-likeness (QED) is 0.891. The average Bonchev–Trinajstić information content (AvgIpc) is 2.85. The molecule has 4 heteroatoms. The van der Waals surface area contributed by atoms with E-state index >= 15 is 0 Å². The van der Waals surface area contributed by atoms with Gasteiger partial charge in [0.15, 0.2) is 0 Å². The number of thioether (sulfide) groups is 1. The van der Waals surface area contributed by atoms with Crippen molar-refractivity contribution in [2.45, 2.75) is 17.9 Å². The van der Waals surface area contributed by atoms with Crippen LogP contribution < -0.4 is 5.73 Å². The fraction of sp³-hybridized carbons (Fsp3) is 0.286. The van der Waals surface area contributed by atoms with Crippen LogP contribution in [0.1, 0.15) is 12.7 Å². The average molecular weight is 326 g/mol. The van der Waals surface area contributed by atoms with E-state index in [1.807, 2.05) is 48.2 Å². The number of hydrogen-bond acceptors (Lipinski definition) is 3. The van der Waals surface area contributed by atoms with Crippen molar-refractivity contribution in [2.75, 3.05) is 6.54 Å². The highest BCUT2D eigenvalue weighted by molar-refractivity contribution is 9.10. The molecule has 1 atom stereocenters. The van der Waals surface area contributed by atoms with E-state index in [9.17, 15) is 0 Å². The zero-order valence-electron chi connectivity index (χ0n) is 10.2. The third-order valence-corrected chi connectivity index (χ3v) is 4.37. The van der Waals surface area contributed by atoms with Crippen LogP contribution in [0.2, 0.25) is 0 Å². The first kappa shape index (κ1) is 13.7. The van der Waals surface area contributed by atoms with Crippen molar-refractivity contribution in [3.8, 4) is 11.3 Å². The fourth-order valence-corrected chi connectivity index (χ4v) is 2.52. The molecule has 2 rings (SSSR count). The molecule has 0 spiro atoms. The summed E-state index contributed by atoms with van der Waals surface area (Å²) in [7, 11) is 0. The second-order valence-electron chi connectivity index (χ2n) is 4.13. The lowest BCUT2D eigenvalue weighted by atomic mass is 10.2. The molecule has 0 saturated heterocycles. The van der Waals surface area contributed by atoms with Gasteiger partial charge in [-0.1, -0.05) is 35.0 Å². The lowest BCUT2D eigenvalue weighted by molar-refractivity contribution is 0.544. The lowest BCUT2D eigenvalue weighted by Crippen LogP contribution is -2.12. The van der Waals surface area contributed by atoms with Gasteiger partial charge in [-0.25, -0.2) is 0 Å². The summed E-state index contributed by atoms with van der Waals surface area (Å²) in [6.45, 7) is 2.83. The van der Waals surface area contributed by atoms with Gasteiger partial charge in [-0.15, -0.1) is 11.8 Å². The molecule has 0 radical (unpaired) electrons. The summed E-state index contributed by atoms with van der Waals surface area (Å²) in [5.74, 6) is 2.78. The maximum Gasteiger partial charge on any atom is 0.134 e. The van der Waals surface area contributed by atoms with E-state index in [0.717, 1.165) is 27.3 Å². The molecule has 2 aromatic rings. The molecule has 0 aliphatic heterocycles. The van der Waals surface area contributed by atoms with Gasteiger partial charge in [0, 0.05) is 21.8 Å². The highest BCUT2D eigenvalue weighted by atomic mass is 79.9. The molecule has 96 valence electrons. The Morgan fingerprint density at radius 3 is 2.61 bits per heavy atom. The number of benzene rings is 1. The van der Waals surface area contributed by atoms with Crippen LogP contribution >= 0.6 is 27.7 Å². The molecule has 1 aromatic carbocycles. The van der Waals surface area contributed by atoms with E-state index < -0.39 is 0 Å². The zero-order chi connectivity index (χ0) is 13.0. The molecule has 18 heavy (non-hydrogen) atoms. The third kappa shape index (κ3) is 3.64. The Labute approximate surface area is 120 Å². The van der Waals surface area contributed by atoms with Crippen molar-refractivity contribution in [1.82, 2.24) is 0 Å². The largest absolute Gasteiger partial charge is 0.460 e. The van der Waals surface area contributed by atoms with Crippen LogP contribution in [0.5, 0.6) is 0 Å². The molecule has 0 aliphatic carbocycles. The molecule has 0 bridgehead atoms. The van der Waals surface area contributed by atoms with Gasteiger partial charge >= 0.3 is 0 Å². The van der Waals surface area contributed by atoms with Crippen molar-refractivity contribution in [3.05, 3.63) is 46.6 Å². The van der Waals surface area contributed by atoms with Gasteiger partial charge in [-0.3, -0.25) is 0 Å². The number of halogens is 1. The first-order valence-corrected chi connectivity index (χ1v) is 7.69. The molecular weight excluding hydrogens is 310 g/mol. The van der Waals surface area contributed by atoms with Gasteiger partial charge in [0.05, 0.1) is 5.75 Å². The van der Waals surface area contributed by atoms with E-state index in [0.29, 0.717) is 11.8 Å². The molecule has 1 unspecified atom stereocenters. The van der Waals surface area contributed by atoms with Crippen molar-refractivity contribution >= 4 is 27.7 Å². The van der Waals surface area contributed by atoms with Gasteiger partial charge in [-0.2, -0.15) is 0 Å². The minimum atomic E-state index is 0.464. The third-order valence-electron chi connectivity index (χ3n) is 2.63. The summed E-state index contributed by atoms with van der Waals surface area (Å²) in [5.41, 5.74) is 6.69. The second-order valence-corrected chi connectivity index (χ2v) is 6.47. The van der Waals surface area contributed by atoms with E-state index in [-0.39, 0.29) is 0 Å². The van der Waals surface area contributed by atoms with Crippen LogP contribution in [0.4, 0.5) is 0 Å². The Balaban J connectivity index is 2.03. The number of furan rings is 1. The Morgan fingerprint density at radius 1 is 1.22 bits per heavy atom. The topological polar surface area (TPSA) is 39.2 Å². The molecule has 0 aliphatic rings. The predicted octanol–water partition coefficient (Wildman–Crippen LogP) is 4.29. The first-order valence-electron chi connectivity index (χ1n) is 5.85. The van der Waals surface area contributed by atoms with E-state index in [1.54, 1.807) is 0 Å². The normalized spacial score (nSPS) is 12.6. The maximum absolute atomic E-state index is 5.83. The lowest BCUT2D eigenvalue weighted by Gasteiger charge is -2.05. The van der Waals surface area contributed by atoms with Crippen LogP contribution in [-0.2, 0) is 5.75 Å². The molecule has 2 nitrogen and oxygen atoms in total. The van der Waals surface area contributed by atoms with E-state index in [1.165, 1.54) is 0 Å². The van der Waals surface area contributed by atoms with Gasteiger partial charge in [-0.05, 0) is 24.3 Å². The number of nitrogens with two attached hydrogens (primary N) is 1. The smallest absolute Gasteiger partial charge is 0.134 e. The van der Waals surface area contributed by atoms with Gasteiger partial charge in [0.1, 0.15) is 11.5 Å². The van der Waals surface area contributed by atoms with Crippen molar-refractivity contribution in [3.63, 3.8) is 0 Å².